The van der Waals surface area contributed by atoms with Gasteiger partial charge in [0.15, 0.2) is 5.82 Å². The summed E-state index contributed by atoms with van der Waals surface area (Å²) in [6, 6.07) is 0.688. The molecule has 0 bridgehead atoms. The lowest BCUT2D eigenvalue weighted by Gasteiger charge is -2.25. The molecule has 19 heavy (non-hydrogen) atoms. The van der Waals surface area contributed by atoms with E-state index in [4.69, 9.17) is 4.52 Å². The molecule has 0 aromatic carbocycles. The number of aromatic nitrogens is 2. The Morgan fingerprint density at radius 1 is 1.32 bits per heavy atom. The maximum absolute atomic E-state index is 5.31. The Labute approximate surface area is 116 Å². The van der Waals surface area contributed by atoms with Gasteiger partial charge < -0.3 is 4.52 Å². The molecule has 1 unspecified atom stereocenters. The third kappa shape index (κ3) is 3.76. The molecule has 1 aliphatic heterocycles. The number of likely N-dealkylation sites (tertiary alicyclic amines) is 1. The predicted molar refractivity (Wildman–Crippen MR) is 74.9 cm³/mol. The number of hydrogen-bond acceptors (Lipinski definition) is 5. The van der Waals surface area contributed by atoms with Crippen LogP contribution in [-0.2, 0) is 13.0 Å². The zero-order valence-electron chi connectivity index (χ0n) is 12.4. The second kappa shape index (κ2) is 7.01. The highest BCUT2D eigenvalue weighted by Crippen LogP contribution is 2.17. The van der Waals surface area contributed by atoms with Crippen LogP contribution in [0.25, 0.3) is 0 Å². The molecule has 0 aliphatic carbocycles. The monoisotopic (exact) mass is 266 g/mol. The standard InChI is InChI=1S/C14H26N4O/c1-4-7-13-15-14(19-16-13)11-17-9-8-12(10-17)18(5-2)6-3/h12H,4-11H2,1-3H3. The molecule has 2 rings (SSSR count). The minimum atomic E-state index is 0.688. The molecule has 1 aliphatic rings. The van der Waals surface area contributed by atoms with Gasteiger partial charge in [0, 0.05) is 25.6 Å². The van der Waals surface area contributed by atoms with E-state index in [1.165, 1.54) is 6.42 Å². The van der Waals surface area contributed by atoms with Crippen LogP contribution in [0.2, 0.25) is 0 Å². The largest absolute Gasteiger partial charge is 0.338 e. The van der Waals surface area contributed by atoms with E-state index in [9.17, 15) is 0 Å². The van der Waals surface area contributed by atoms with E-state index in [2.05, 4.69) is 40.7 Å². The first kappa shape index (κ1) is 14.5. The van der Waals surface area contributed by atoms with Crippen LogP contribution in [0.4, 0.5) is 0 Å². The fraction of sp³-hybridized carbons (Fsp3) is 0.857. The molecule has 0 spiro atoms. The summed E-state index contributed by atoms with van der Waals surface area (Å²) in [6.45, 7) is 11.9. The summed E-state index contributed by atoms with van der Waals surface area (Å²) < 4.78 is 5.31. The van der Waals surface area contributed by atoms with Gasteiger partial charge in [-0.15, -0.1) is 0 Å². The minimum Gasteiger partial charge on any atom is -0.338 e. The number of nitrogens with zero attached hydrogens (tertiary/aromatic N) is 4. The molecule has 0 radical (unpaired) electrons. The maximum Gasteiger partial charge on any atom is 0.240 e. The molecule has 0 amide bonds. The quantitative estimate of drug-likeness (QED) is 0.754. The highest BCUT2D eigenvalue weighted by atomic mass is 16.5. The van der Waals surface area contributed by atoms with Gasteiger partial charge in [-0.05, 0) is 25.9 Å². The van der Waals surface area contributed by atoms with Crippen LogP contribution in [0.3, 0.4) is 0 Å². The van der Waals surface area contributed by atoms with E-state index < -0.39 is 0 Å². The Bertz CT molecular complexity index is 375. The van der Waals surface area contributed by atoms with Crippen molar-refractivity contribution >= 4 is 0 Å². The van der Waals surface area contributed by atoms with Crippen molar-refractivity contribution in [2.24, 2.45) is 0 Å². The van der Waals surface area contributed by atoms with Crippen molar-refractivity contribution in [3.05, 3.63) is 11.7 Å². The van der Waals surface area contributed by atoms with Crippen LogP contribution < -0.4 is 0 Å². The summed E-state index contributed by atoms with van der Waals surface area (Å²) in [4.78, 5) is 9.40. The molecule has 1 saturated heterocycles. The summed E-state index contributed by atoms with van der Waals surface area (Å²) in [5.41, 5.74) is 0. The first-order valence-corrected chi connectivity index (χ1v) is 7.54. The van der Waals surface area contributed by atoms with Crippen LogP contribution in [-0.4, -0.2) is 52.2 Å². The summed E-state index contributed by atoms with van der Waals surface area (Å²) in [6.07, 6.45) is 3.22. The summed E-state index contributed by atoms with van der Waals surface area (Å²) in [5.74, 6) is 1.61. The number of aryl methyl sites for hydroxylation is 1. The SMILES string of the molecule is CCCc1noc(CN2CCC(N(CC)CC)C2)n1. The zero-order valence-corrected chi connectivity index (χ0v) is 12.4. The van der Waals surface area contributed by atoms with Crippen molar-refractivity contribution in [3.63, 3.8) is 0 Å². The first-order chi connectivity index (χ1) is 9.26. The fourth-order valence-electron chi connectivity index (χ4n) is 2.86. The van der Waals surface area contributed by atoms with Crippen molar-refractivity contribution in [1.29, 1.82) is 0 Å². The molecular formula is C14H26N4O. The molecular weight excluding hydrogens is 240 g/mol. The van der Waals surface area contributed by atoms with Crippen molar-refractivity contribution in [2.75, 3.05) is 26.2 Å². The topological polar surface area (TPSA) is 45.4 Å². The highest BCUT2D eigenvalue weighted by molar-refractivity contribution is 4.89. The van der Waals surface area contributed by atoms with E-state index in [0.717, 1.165) is 57.3 Å². The van der Waals surface area contributed by atoms with Crippen LogP contribution in [0, 0.1) is 0 Å². The van der Waals surface area contributed by atoms with Gasteiger partial charge in [0.25, 0.3) is 0 Å². The lowest BCUT2D eigenvalue weighted by atomic mass is 10.2. The second-order valence-electron chi connectivity index (χ2n) is 5.25. The van der Waals surface area contributed by atoms with Gasteiger partial charge in [-0.3, -0.25) is 9.80 Å². The second-order valence-corrected chi connectivity index (χ2v) is 5.25. The van der Waals surface area contributed by atoms with E-state index in [1.54, 1.807) is 0 Å². The Balaban J connectivity index is 1.83. The molecule has 108 valence electrons. The van der Waals surface area contributed by atoms with Crippen LogP contribution in [0.5, 0.6) is 0 Å². The third-order valence-electron chi connectivity index (χ3n) is 3.92. The van der Waals surface area contributed by atoms with Gasteiger partial charge in [0.1, 0.15) is 0 Å². The predicted octanol–water partition coefficient (Wildman–Crippen LogP) is 1.94. The molecule has 5 nitrogen and oxygen atoms in total. The molecule has 1 aromatic heterocycles. The van der Waals surface area contributed by atoms with Gasteiger partial charge in [0.05, 0.1) is 6.54 Å². The van der Waals surface area contributed by atoms with E-state index in [1.807, 2.05) is 0 Å². The van der Waals surface area contributed by atoms with E-state index in [-0.39, 0.29) is 0 Å². The molecule has 1 aromatic rings. The van der Waals surface area contributed by atoms with Crippen LogP contribution in [0.1, 0.15) is 45.3 Å². The van der Waals surface area contributed by atoms with E-state index >= 15 is 0 Å². The molecule has 1 atom stereocenters. The van der Waals surface area contributed by atoms with Gasteiger partial charge >= 0.3 is 0 Å². The lowest BCUT2D eigenvalue weighted by Crippen LogP contribution is -2.37. The molecule has 2 heterocycles. The smallest absolute Gasteiger partial charge is 0.240 e. The highest BCUT2D eigenvalue weighted by Gasteiger charge is 2.27. The van der Waals surface area contributed by atoms with Crippen LogP contribution in [0.15, 0.2) is 4.52 Å². The summed E-state index contributed by atoms with van der Waals surface area (Å²) >= 11 is 0. The Hall–Kier alpha value is -0.940. The summed E-state index contributed by atoms with van der Waals surface area (Å²) in [5, 5.41) is 4.01. The molecule has 1 fully saturated rings. The average molecular weight is 266 g/mol. The minimum absolute atomic E-state index is 0.688. The van der Waals surface area contributed by atoms with Crippen molar-refractivity contribution in [3.8, 4) is 0 Å². The van der Waals surface area contributed by atoms with Crippen molar-refractivity contribution < 1.29 is 4.52 Å². The molecule has 0 N–H and O–H groups in total. The zero-order chi connectivity index (χ0) is 13.7. The molecule has 5 heteroatoms. The van der Waals surface area contributed by atoms with Gasteiger partial charge in [-0.25, -0.2) is 0 Å². The summed E-state index contributed by atoms with van der Waals surface area (Å²) in [7, 11) is 0. The number of rotatable bonds is 7. The maximum atomic E-state index is 5.31. The Morgan fingerprint density at radius 2 is 2.11 bits per heavy atom. The Morgan fingerprint density at radius 3 is 2.79 bits per heavy atom. The van der Waals surface area contributed by atoms with Crippen LogP contribution >= 0.6 is 0 Å². The molecule has 0 saturated carbocycles. The number of likely N-dealkylation sites (N-methyl/N-ethyl adjacent to an activating group) is 1. The lowest BCUT2D eigenvalue weighted by molar-refractivity contribution is 0.200. The van der Waals surface area contributed by atoms with Crippen molar-refractivity contribution in [1.82, 2.24) is 19.9 Å². The average Bonchev–Trinajstić information content (AvgIpc) is 3.02. The first-order valence-electron chi connectivity index (χ1n) is 7.54. The van der Waals surface area contributed by atoms with Crippen molar-refractivity contribution in [2.45, 2.75) is 52.6 Å². The fourth-order valence-corrected chi connectivity index (χ4v) is 2.86. The normalized spacial score (nSPS) is 20.5. The Kier molecular flexibility index (Phi) is 5.34. The third-order valence-corrected chi connectivity index (χ3v) is 3.92. The van der Waals surface area contributed by atoms with E-state index in [0.29, 0.717) is 6.04 Å². The van der Waals surface area contributed by atoms with Gasteiger partial charge in [-0.2, -0.15) is 4.98 Å². The number of hydrogen-bond donors (Lipinski definition) is 0. The van der Waals surface area contributed by atoms with Gasteiger partial charge in [-0.1, -0.05) is 25.9 Å². The van der Waals surface area contributed by atoms with Gasteiger partial charge in [0.2, 0.25) is 5.89 Å².